The molecule has 1 aromatic heterocycles. The van der Waals surface area contributed by atoms with Gasteiger partial charge in [-0.1, -0.05) is 34.4 Å². The number of carbonyl (C=O) groups is 1. The minimum atomic E-state index is -0.943. The standard InChI is InChI=1S/C27H29Cl2N3O4/c1-15(27(33)34)6-11-23(30-2)32-17-9-10-18(32)13-19(12-17)35-14-20-25(31-36-26(20)16-7-8-16)24-21(28)4-3-5-22(24)29/h3-6,11,16-19H,2,7-10,12-14H2,1H3,(H,33,34)/b15-6+,23-11+/t17-,18?,19?/m0/s1. The maximum atomic E-state index is 11.2. The Bertz CT molecular complexity index is 1200. The topological polar surface area (TPSA) is 88.2 Å². The highest BCUT2D eigenvalue weighted by molar-refractivity contribution is 6.39. The summed E-state index contributed by atoms with van der Waals surface area (Å²) < 4.78 is 12.3. The van der Waals surface area contributed by atoms with Gasteiger partial charge in [0.2, 0.25) is 0 Å². The number of nitrogens with zero attached hydrogens (tertiary/aromatic N) is 3. The molecule has 0 spiro atoms. The molecule has 3 aliphatic rings. The van der Waals surface area contributed by atoms with E-state index in [2.05, 4.69) is 21.8 Å². The second-order valence-electron chi connectivity index (χ2n) is 9.78. The van der Waals surface area contributed by atoms with Gasteiger partial charge in [-0.3, -0.25) is 0 Å². The van der Waals surface area contributed by atoms with Gasteiger partial charge in [0.25, 0.3) is 0 Å². The second-order valence-corrected chi connectivity index (χ2v) is 10.6. The number of fused-ring (bicyclic) bond motifs is 2. The molecule has 3 heterocycles. The van der Waals surface area contributed by atoms with Crippen LogP contribution >= 0.6 is 23.2 Å². The monoisotopic (exact) mass is 529 g/mol. The summed E-state index contributed by atoms with van der Waals surface area (Å²) in [5, 5.41) is 14.6. The highest BCUT2D eigenvalue weighted by atomic mass is 35.5. The first kappa shape index (κ1) is 25.1. The average Bonchev–Trinajstić information content (AvgIpc) is 3.56. The van der Waals surface area contributed by atoms with Gasteiger partial charge in [-0.2, -0.15) is 0 Å². The Morgan fingerprint density at radius 3 is 2.47 bits per heavy atom. The van der Waals surface area contributed by atoms with Crippen molar-refractivity contribution >= 4 is 35.9 Å². The maximum Gasteiger partial charge on any atom is 0.331 e. The van der Waals surface area contributed by atoms with Crippen LogP contribution in [0.25, 0.3) is 11.3 Å². The Hall–Kier alpha value is -2.61. The van der Waals surface area contributed by atoms with Gasteiger partial charge in [-0.05, 0) is 76.5 Å². The van der Waals surface area contributed by atoms with E-state index in [1.54, 1.807) is 31.2 Å². The lowest BCUT2D eigenvalue weighted by Gasteiger charge is -2.40. The molecule has 2 bridgehead atoms. The first-order valence-corrected chi connectivity index (χ1v) is 13.0. The minimum Gasteiger partial charge on any atom is -0.478 e. The quantitative estimate of drug-likeness (QED) is 0.223. The molecule has 0 amide bonds. The summed E-state index contributed by atoms with van der Waals surface area (Å²) in [6.07, 6.45) is 9.38. The highest BCUT2D eigenvalue weighted by Gasteiger charge is 2.42. The number of aromatic nitrogens is 1. The zero-order valence-corrected chi connectivity index (χ0v) is 21.6. The Morgan fingerprint density at radius 2 is 1.89 bits per heavy atom. The van der Waals surface area contributed by atoms with Crippen LogP contribution in [-0.2, 0) is 16.1 Å². The van der Waals surface area contributed by atoms with Crippen LogP contribution in [0.15, 0.2) is 51.3 Å². The van der Waals surface area contributed by atoms with Crippen LogP contribution in [-0.4, -0.2) is 46.0 Å². The fourth-order valence-corrected chi connectivity index (χ4v) is 5.95. The molecule has 2 aliphatic heterocycles. The van der Waals surface area contributed by atoms with Gasteiger partial charge >= 0.3 is 5.97 Å². The van der Waals surface area contributed by atoms with E-state index in [0.717, 1.165) is 49.8 Å². The molecule has 5 rings (SSSR count). The summed E-state index contributed by atoms with van der Waals surface area (Å²) in [5.41, 5.74) is 2.54. The highest BCUT2D eigenvalue weighted by Crippen LogP contribution is 2.47. The maximum absolute atomic E-state index is 11.2. The lowest BCUT2D eigenvalue weighted by molar-refractivity contribution is -0.132. The normalized spacial score (nSPS) is 24.3. The van der Waals surface area contributed by atoms with Crippen molar-refractivity contribution in [3.8, 4) is 11.3 Å². The first-order valence-electron chi connectivity index (χ1n) is 12.3. The van der Waals surface area contributed by atoms with Crippen molar-refractivity contribution in [3.05, 3.63) is 63.1 Å². The molecular formula is C27H29Cl2N3O4. The fourth-order valence-electron chi connectivity index (χ4n) is 5.38. The van der Waals surface area contributed by atoms with E-state index in [1.165, 1.54) is 0 Å². The van der Waals surface area contributed by atoms with Crippen molar-refractivity contribution in [3.63, 3.8) is 0 Å². The van der Waals surface area contributed by atoms with Gasteiger partial charge in [0.15, 0.2) is 0 Å². The van der Waals surface area contributed by atoms with E-state index in [-0.39, 0.29) is 23.8 Å². The number of aliphatic imine (C=N–C) groups is 1. The van der Waals surface area contributed by atoms with E-state index in [9.17, 15) is 4.79 Å². The van der Waals surface area contributed by atoms with Gasteiger partial charge in [-0.25, -0.2) is 9.79 Å². The van der Waals surface area contributed by atoms with Crippen molar-refractivity contribution in [1.82, 2.24) is 10.1 Å². The molecule has 3 atom stereocenters. The smallest absolute Gasteiger partial charge is 0.331 e. The molecule has 1 aromatic carbocycles. The van der Waals surface area contributed by atoms with Crippen LogP contribution in [0.2, 0.25) is 10.0 Å². The Kier molecular flexibility index (Phi) is 7.24. The first-order chi connectivity index (χ1) is 17.4. The zero-order valence-electron chi connectivity index (χ0n) is 20.1. The third-order valence-electron chi connectivity index (χ3n) is 7.37. The van der Waals surface area contributed by atoms with Crippen molar-refractivity contribution in [2.45, 2.75) is 76.2 Å². The molecule has 36 heavy (non-hydrogen) atoms. The molecule has 9 heteroatoms. The fraction of sp³-hybridized carbons (Fsp3) is 0.444. The van der Waals surface area contributed by atoms with E-state index in [1.807, 2.05) is 6.07 Å². The number of benzene rings is 1. The van der Waals surface area contributed by atoms with Crippen LogP contribution in [0.5, 0.6) is 0 Å². The molecule has 1 saturated carbocycles. The molecule has 2 saturated heterocycles. The van der Waals surface area contributed by atoms with E-state index in [4.69, 9.17) is 37.6 Å². The predicted molar refractivity (Wildman–Crippen MR) is 139 cm³/mol. The number of rotatable bonds is 9. The SMILES string of the molecule is C=N/C(=C\C=C(/C)C(=O)O)N1C2CC[C@H]1CC(OCc1c(-c3c(Cl)cccc3Cl)noc1C1CC1)C2. The van der Waals surface area contributed by atoms with Crippen molar-refractivity contribution < 1.29 is 19.2 Å². The lowest BCUT2D eigenvalue weighted by atomic mass is 9.99. The van der Waals surface area contributed by atoms with Crippen LogP contribution < -0.4 is 0 Å². The number of allylic oxidation sites excluding steroid dienone is 2. The number of aliphatic carboxylic acids is 1. The molecule has 7 nitrogen and oxygen atoms in total. The summed E-state index contributed by atoms with van der Waals surface area (Å²) in [5.74, 6) is 1.02. The van der Waals surface area contributed by atoms with Crippen LogP contribution in [0, 0.1) is 0 Å². The average molecular weight is 530 g/mol. The molecular weight excluding hydrogens is 501 g/mol. The molecule has 1 aliphatic carbocycles. The van der Waals surface area contributed by atoms with Crippen LogP contribution in [0.3, 0.4) is 0 Å². The molecule has 2 aromatic rings. The summed E-state index contributed by atoms with van der Waals surface area (Å²) in [6, 6.07) is 5.96. The van der Waals surface area contributed by atoms with Gasteiger partial charge in [-0.15, -0.1) is 0 Å². The summed E-state index contributed by atoms with van der Waals surface area (Å²) in [4.78, 5) is 17.6. The van der Waals surface area contributed by atoms with Crippen LogP contribution in [0.1, 0.15) is 62.7 Å². The predicted octanol–water partition coefficient (Wildman–Crippen LogP) is 6.61. The number of hydrogen-bond donors (Lipinski definition) is 1. The number of hydrogen-bond acceptors (Lipinski definition) is 6. The molecule has 3 fully saturated rings. The third kappa shape index (κ3) is 4.97. The van der Waals surface area contributed by atoms with Gasteiger partial charge in [0.05, 0.1) is 22.8 Å². The lowest BCUT2D eigenvalue weighted by Crippen LogP contribution is -2.44. The zero-order chi connectivity index (χ0) is 25.4. The third-order valence-corrected chi connectivity index (χ3v) is 8.00. The molecule has 190 valence electrons. The number of halogens is 2. The Balaban J connectivity index is 1.32. The number of carboxylic acid groups (broad SMARTS) is 1. The molecule has 2 unspecified atom stereocenters. The molecule has 1 N–H and O–H groups in total. The Morgan fingerprint density at radius 1 is 1.22 bits per heavy atom. The summed E-state index contributed by atoms with van der Waals surface area (Å²) in [6.45, 7) is 5.68. The van der Waals surface area contributed by atoms with Gasteiger partial charge in [0, 0.05) is 34.7 Å². The Labute approximate surface area is 220 Å². The van der Waals surface area contributed by atoms with Gasteiger partial charge < -0.3 is 19.3 Å². The van der Waals surface area contributed by atoms with E-state index >= 15 is 0 Å². The van der Waals surface area contributed by atoms with Crippen molar-refractivity contribution in [2.75, 3.05) is 0 Å². The number of ether oxygens (including phenoxy) is 1. The summed E-state index contributed by atoms with van der Waals surface area (Å²) in [7, 11) is 0. The molecule has 0 radical (unpaired) electrons. The second kappa shape index (κ2) is 10.4. The van der Waals surface area contributed by atoms with Crippen LogP contribution in [0.4, 0.5) is 0 Å². The number of piperidine rings is 1. The van der Waals surface area contributed by atoms with E-state index < -0.39 is 5.97 Å². The largest absolute Gasteiger partial charge is 0.478 e. The van der Waals surface area contributed by atoms with E-state index in [0.29, 0.717) is 39.6 Å². The van der Waals surface area contributed by atoms with Gasteiger partial charge in [0.1, 0.15) is 17.3 Å². The van der Waals surface area contributed by atoms with Crippen molar-refractivity contribution in [2.24, 2.45) is 4.99 Å². The minimum absolute atomic E-state index is 0.0811. The summed E-state index contributed by atoms with van der Waals surface area (Å²) >= 11 is 13.0. The number of carboxylic acids is 1. The van der Waals surface area contributed by atoms with Crippen molar-refractivity contribution in [1.29, 1.82) is 0 Å².